The quantitative estimate of drug-likeness (QED) is 0.737. The van der Waals surface area contributed by atoms with Gasteiger partial charge in [-0.1, -0.05) is 19.1 Å². The fraction of sp³-hybridized carbons (Fsp3) is 0.857. The number of likely N-dealkylation sites (tertiary alicyclic amines) is 1. The molecule has 0 radical (unpaired) electrons. The van der Waals surface area contributed by atoms with Crippen molar-refractivity contribution in [2.45, 2.75) is 38.6 Å². The van der Waals surface area contributed by atoms with E-state index in [4.69, 9.17) is 0 Å². The van der Waals surface area contributed by atoms with Gasteiger partial charge in [-0.25, -0.2) is 0 Å². The van der Waals surface area contributed by atoms with Gasteiger partial charge in [-0.2, -0.15) is 0 Å². The summed E-state index contributed by atoms with van der Waals surface area (Å²) in [6.07, 6.45) is 10.0. The van der Waals surface area contributed by atoms with Crippen molar-refractivity contribution in [3.63, 3.8) is 0 Å². The van der Waals surface area contributed by atoms with Crippen molar-refractivity contribution >= 4 is 0 Å². The van der Waals surface area contributed by atoms with E-state index in [1.54, 1.807) is 0 Å². The number of hydrogen-bond acceptors (Lipinski definition) is 2. The fourth-order valence-electron chi connectivity index (χ4n) is 3.21. The summed E-state index contributed by atoms with van der Waals surface area (Å²) < 4.78 is 0. The molecule has 1 aliphatic heterocycles. The van der Waals surface area contributed by atoms with E-state index in [0.29, 0.717) is 0 Å². The molecule has 3 atom stereocenters. The molecule has 0 aromatic heterocycles. The maximum Gasteiger partial charge on any atom is 0.0114 e. The molecule has 0 spiro atoms. The summed E-state index contributed by atoms with van der Waals surface area (Å²) in [6, 6.07) is 0.738. The van der Waals surface area contributed by atoms with E-state index in [9.17, 15) is 0 Å². The minimum absolute atomic E-state index is 0.738. The number of hydrogen-bond donors (Lipinski definition) is 1. The zero-order valence-corrected chi connectivity index (χ0v) is 10.8. The first kappa shape index (κ1) is 12.1. The highest BCUT2D eigenvalue weighted by Crippen LogP contribution is 2.23. The molecule has 0 bridgehead atoms. The Morgan fingerprint density at radius 2 is 2.19 bits per heavy atom. The zero-order valence-electron chi connectivity index (χ0n) is 10.8. The third-order valence-electron chi connectivity index (χ3n) is 4.25. The van der Waals surface area contributed by atoms with E-state index in [0.717, 1.165) is 17.9 Å². The first-order valence-corrected chi connectivity index (χ1v) is 6.84. The molecule has 16 heavy (non-hydrogen) atoms. The van der Waals surface area contributed by atoms with Crippen molar-refractivity contribution in [3.8, 4) is 0 Å². The van der Waals surface area contributed by atoms with Gasteiger partial charge >= 0.3 is 0 Å². The number of nitrogens with one attached hydrogen (secondary N) is 1. The van der Waals surface area contributed by atoms with Crippen LogP contribution in [0, 0.1) is 11.8 Å². The van der Waals surface area contributed by atoms with Crippen LogP contribution in [-0.4, -0.2) is 37.6 Å². The van der Waals surface area contributed by atoms with Crippen molar-refractivity contribution in [3.05, 3.63) is 12.2 Å². The van der Waals surface area contributed by atoms with Crippen LogP contribution < -0.4 is 5.32 Å². The molecule has 2 rings (SSSR count). The van der Waals surface area contributed by atoms with Crippen LogP contribution in [0.15, 0.2) is 12.2 Å². The third kappa shape index (κ3) is 3.08. The minimum atomic E-state index is 0.738. The normalized spacial score (nSPS) is 36.5. The Labute approximate surface area is 100 Å². The maximum atomic E-state index is 3.44. The first-order valence-electron chi connectivity index (χ1n) is 6.84. The summed E-state index contributed by atoms with van der Waals surface area (Å²) in [4.78, 5) is 2.68. The second kappa shape index (κ2) is 5.83. The number of piperidine rings is 1. The second-order valence-corrected chi connectivity index (χ2v) is 5.57. The van der Waals surface area contributed by atoms with Crippen molar-refractivity contribution in [2.75, 3.05) is 26.7 Å². The molecule has 2 nitrogen and oxygen atoms in total. The lowest BCUT2D eigenvalue weighted by molar-refractivity contribution is 0.129. The molecule has 0 aromatic rings. The molecule has 0 amide bonds. The molecule has 1 fully saturated rings. The van der Waals surface area contributed by atoms with E-state index in [-0.39, 0.29) is 0 Å². The lowest BCUT2D eigenvalue weighted by Crippen LogP contribution is -2.48. The summed E-state index contributed by atoms with van der Waals surface area (Å²) in [5, 5.41) is 3.44. The molecule has 1 saturated heterocycles. The third-order valence-corrected chi connectivity index (χ3v) is 4.25. The Morgan fingerprint density at radius 1 is 1.31 bits per heavy atom. The Hall–Kier alpha value is -0.340. The molecule has 1 N–H and O–H groups in total. The van der Waals surface area contributed by atoms with Gasteiger partial charge in [0.2, 0.25) is 0 Å². The Bertz CT molecular complexity index is 237. The molecule has 92 valence electrons. The van der Waals surface area contributed by atoms with Gasteiger partial charge in [0.15, 0.2) is 0 Å². The molecule has 2 aliphatic rings. The number of rotatable bonds is 3. The topological polar surface area (TPSA) is 15.3 Å². The highest BCUT2D eigenvalue weighted by atomic mass is 15.1. The van der Waals surface area contributed by atoms with Crippen LogP contribution in [0.4, 0.5) is 0 Å². The van der Waals surface area contributed by atoms with Gasteiger partial charge in [0.25, 0.3) is 0 Å². The molecule has 3 unspecified atom stereocenters. The van der Waals surface area contributed by atoms with E-state index >= 15 is 0 Å². The van der Waals surface area contributed by atoms with E-state index in [1.807, 2.05) is 0 Å². The SMILES string of the molecule is CNC1CCN(CC2CC=CCC2)CC1C. The molecule has 0 aromatic carbocycles. The average molecular weight is 222 g/mol. The number of nitrogens with zero attached hydrogens (tertiary/aromatic N) is 1. The molecular formula is C14H26N2. The molecular weight excluding hydrogens is 196 g/mol. The van der Waals surface area contributed by atoms with Crippen molar-refractivity contribution in [1.29, 1.82) is 0 Å². The minimum Gasteiger partial charge on any atom is -0.317 e. The van der Waals surface area contributed by atoms with E-state index < -0.39 is 0 Å². The highest BCUT2D eigenvalue weighted by molar-refractivity contribution is 4.92. The van der Waals surface area contributed by atoms with Crippen LogP contribution in [-0.2, 0) is 0 Å². The van der Waals surface area contributed by atoms with E-state index in [2.05, 4.69) is 36.3 Å². The van der Waals surface area contributed by atoms with Crippen LogP contribution in [0.1, 0.15) is 32.6 Å². The molecule has 1 aliphatic carbocycles. The first-order chi connectivity index (χ1) is 7.79. The van der Waals surface area contributed by atoms with Crippen LogP contribution in [0.5, 0.6) is 0 Å². The van der Waals surface area contributed by atoms with Gasteiger partial charge in [-0.05, 0) is 51.1 Å². The summed E-state index contributed by atoms with van der Waals surface area (Å²) in [5.74, 6) is 1.72. The van der Waals surface area contributed by atoms with Gasteiger partial charge in [0, 0.05) is 19.1 Å². The summed E-state index contributed by atoms with van der Waals surface area (Å²) in [7, 11) is 2.10. The molecule has 0 saturated carbocycles. The molecule has 2 heteroatoms. The summed E-state index contributed by atoms with van der Waals surface area (Å²) >= 11 is 0. The van der Waals surface area contributed by atoms with Crippen LogP contribution >= 0.6 is 0 Å². The van der Waals surface area contributed by atoms with Gasteiger partial charge in [0.05, 0.1) is 0 Å². The second-order valence-electron chi connectivity index (χ2n) is 5.57. The highest BCUT2D eigenvalue weighted by Gasteiger charge is 2.26. The standard InChI is InChI=1S/C14H26N2/c1-12-10-16(9-8-14(12)15-2)11-13-6-4-3-5-7-13/h3-4,12-15H,5-11H2,1-2H3. The fourth-order valence-corrected chi connectivity index (χ4v) is 3.21. The van der Waals surface area contributed by atoms with Crippen molar-refractivity contribution < 1.29 is 0 Å². The monoisotopic (exact) mass is 222 g/mol. The van der Waals surface area contributed by atoms with E-state index in [1.165, 1.54) is 45.3 Å². The van der Waals surface area contributed by atoms with Crippen molar-refractivity contribution in [2.24, 2.45) is 11.8 Å². The van der Waals surface area contributed by atoms with Crippen LogP contribution in [0.25, 0.3) is 0 Å². The van der Waals surface area contributed by atoms with Gasteiger partial charge in [-0.3, -0.25) is 0 Å². The van der Waals surface area contributed by atoms with Gasteiger partial charge in [0.1, 0.15) is 0 Å². The zero-order chi connectivity index (χ0) is 11.4. The van der Waals surface area contributed by atoms with Crippen LogP contribution in [0.2, 0.25) is 0 Å². The summed E-state index contributed by atoms with van der Waals surface area (Å²) in [6.45, 7) is 6.28. The Kier molecular flexibility index (Phi) is 4.42. The van der Waals surface area contributed by atoms with Gasteiger partial charge < -0.3 is 10.2 Å². The summed E-state index contributed by atoms with van der Waals surface area (Å²) in [5.41, 5.74) is 0. The Balaban J connectivity index is 1.77. The lowest BCUT2D eigenvalue weighted by atomic mass is 9.90. The van der Waals surface area contributed by atoms with Crippen molar-refractivity contribution in [1.82, 2.24) is 10.2 Å². The lowest BCUT2D eigenvalue weighted by Gasteiger charge is -2.38. The smallest absolute Gasteiger partial charge is 0.0114 e. The van der Waals surface area contributed by atoms with Gasteiger partial charge in [-0.15, -0.1) is 0 Å². The molecule has 1 heterocycles. The average Bonchev–Trinajstić information content (AvgIpc) is 2.31. The Morgan fingerprint density at radius 3 is 2.81 bits per heavy atom. The van der Waals surface area contributed by atoms with Crippen LogP contribution in [0.3, 0.4) is 0 Å². The maximum absolute atomic E-state index is 3.44. The predicted molar refractivity (Wildman–Crippen MR) is 69.5 cm³/mol. The predicted octanol–water partition coefficient (Wildman–Crippen LogP) is 2.27. The largest absolute Gasteiger partial charge is 0.317 e. The number of allylic oxidation sites excluding steroid dienone is 2.